The fourth-order valence-electron chi connectivity index (χ4n) is 2.71. The first-order valence-electron chi connectivity index (χ1n) is 7.69. The van der Waals surface area contributed by atoms with Crippen molar-refractivity contribution >= 4 is 23.3 Å². The van der Waals surface area contributed by atoms with Crippen LogP contribution in [0, 0.1) is 5.82 Å². The topological polar surface area (TPSA) is 88.5 Å². The summed E-state index contributed by atoms with van der Waals surface area (Å²) in [6.07, 6.45) is 3.80. The quantitative estimate of drug-likeness (QED) is 0.877. The summed E-state index contributed by atoms with van der Waals surface area (Å²) < 4.78 is 20.0. The van der Waals surface area contributed by atoms with Crippen LogP contribution >= 0.6 is 0 Å². The number of anilines is 2. The monoisotopic (exact) mass is 347 g/mol. The molecule has 132 valence electrons. The average molecular weight is 347 g/mol. The minimum absolute atomic E-state index is 0.189. The van der Waals surface area contributed by atoms with Gasteiger partial charge in [0.2, 0.25) is 5.91 Å². The van der Waals surface area contributed by atoms with Crippen LogP contribution in [0.25, 0.3) is 0 Å². The molecule has 0 radical (unpaired) electrons. The number of hydrogen-bond acceptors (Lipinski definition) is 4. The van der Waals surface area contributed by atoms with Gasteiger partial charge >= 0.3 is 6.03 Å². The minimum atomic E-state index is -0.653. The minimum Gasteiger partial charge on any atom is -0.495 e. The van der Waals surface area contributed by atoms with E-state index in [9.17, 15) is 14.0 Å². The zero-order valence-corrected chi connectivity index (χ0v) is 13.8. The van der Waals surface area contributed by atoms with Crippen molar-refractivity contribution in [2.45, 2.75) is 12.5 Å². The highest BCUT2D eigenvalue weighted by Gasteiger charge is 2.34. The van der Waals surface area contributed by atoms with Gasteiger partial charge in [-0.2, -0.15) is 5.10 Å². The summed E-state index contributed by atoms with van der Waals surface area (Å²) >= 11 is 0. The predicted octanol–water partition coefficient (Wildman–Crippen LogP) is 1.49. The number of urea groups is 1. The van der Waals surface area contributed by atoms with E-state index in [0.717, 1.165) is 6.07 Å². The Hall–Kier alpha value is -3.10. The summed E-state index contributed by atoms with van der Waals surface area (Å²) in [4.78, 5) is 26.2. The molecule has 0 saturated carbocycles. The molecule has 8 nitrogen and oxygen atoms in total. The Morgan fingerprint density at radius 1 is 1.44 bits per heavy atom. The molecule has 2 N–H and O–H groups in total. The van der Waals surface area contributed by atoms with Crippen molar-refractivity contribution in [2.75, 3.05) is 23.9 Å². The average Bonchev–Trinajstić information content (AvgIpc) is 3.14. The standard InChI is InChI=1S/C16H18FN5O3/c1-21-9-11(8-18-21)22-6-5-12(15(22)23)19-16(24)20-13-7-10(17)3-4-14(13)25-2/h3-4,7-9,12H,5-6H2,1-2H3,(H2,19,20,24). The predicted molar refractivity (Wildman–Crippen MR) is 89.1 cm³/mol. The number of aryl methyl sites for hydroxylation is 1. The number of nitrogens with zero attached hydrogens (tertiary/aromatic N) is 3. The molecule has 1 atom stereocenters. The SMILES string of the molecule is COc1ccc(F)cc1NC(=O)NC1CCN(c2cnn(C)c2)C1=O. The number of carbonyl (C=O) groups is 2. The van der Waals surface area contributed by atoms with Crippen LogP contribution in [0.3, 0.4) is 0 Å². The van der Waals surface area contributed by atoms with Gasteiger partial charge in [-0.05, 0) is 18.6 Å². The number of aromatic nitrogens is 2. The molecule has 0 spiro atoms. The molecule has 0 bridgehead atoms. The highest BCUT2D eigenvalue weighted by molar-refractivity contribution is 6.02. The van der Waals surface area contributed by atoms with Crippen LogP contribution in [0.1, 0.15) is 6.42 Å². The van der Waals surface area contributed by atoms with Crippen molar-refractivity contribution in [3.05, 3.63) is 36.4 Å². The van der Waals surface area contributed by atoms with Crippen LogP contribution in [0.4, 0.5) is 20.6 Å². The highest BCUT2D eigenvalue weighted by Crippen LogP contribution is 2.25. The van der Waals surface area contributed by atoms with Gasteiger partial charge in [-0.25, -0.2) is 9.18 Å². The van der Waals surface area contributed by atoms with Crippen LogP contribution < -0.4 is 20.3 Å². The Kier molecular flexibility index (Phi) is 4.55. The highest BCUT2D eigenvalue weighted by atomic mass is 19.1. The Morgan fingerprint density at radius 2 is 2.24 bits per heavy atom. The molecular weight excluding hydrogens is 329 g/mol. The summed E-state index contributed by atoms with van der Waals surface area (Å²) in [5.74, 6) is -0.392. The largest absolute Gasteiger partial charge is 0.495 e. The maximum absolute atomic E-state index is 13.3. The van der Waals surface area contributed by atoms with Crippen molar-refractivity contribution in [3.8, 4) is 5.75 Å². The number of nitrogens with one attached hydrogen (secondary N) is 2. The van der Waals surface area contributed by atoms with E-state index >= 15 is 0 Å². The van der Waals surface area contributed by atoms with Crippen molar-refractivity contribution in [1.29, 1.82) is 0 Å². The Balaban J connectivity index is 1.64. The second-order valence-corrected chi connectivity index (χ2v) is 5.65. The van der Waals surface area contributed by atoms with E-state index in [0.29, 0.717) is 24.4 Å². The third kappa shape index (κ3) is 3.54. The number of carbonyl (C=O) groups excluding carboxylic acids is 2. The molecule has 0 aliphatic carbocycles. The van der Waals surface area contributed by atoms with Gasteiger partial charge in [-0.3, -0.25) is 9.48 Å². The van der Waals surface area contributed by atoms with Crippen LogP contribution in [0.5, 0.6) is 5.75 Å². The molecule has 1 fully saturated rings. The molecule has 1 aliphatic rings. The first-order chi connectivity index (χ1) is 12.0. The molecule has 1 aromatic carbocycles. The van der Waals surface area contributed by atoms with E-state index in [1.54, 1.807) is 29.0 Å². The van der Waals surface area contributed by atoms with Crippen LogP contribution in [0.2, 0.25) is 0 Å². The Labute approximate surface area is 143 Å². The summed E-state index contributed by atoms with van der Waals surface area (Å²) in [6.45, 7) is 0.485. The molecule has 1 saturated heterocycles. The van der Waals surface area contributed by atoms with Gasteiger partial charge in [0.1, 0.15) is 17.6 Å². The fraction of sp³-hybridized carbons (Fsp3) is 0.312. The van der Waals surface area contributed by atoms with Crippen molar-refractivity contribution in [3.63, 3.8) is 0 Å². The number of rotatable bonds is 4. The second kappa shape index (κ2) is 6.80. The molecule has 1 aromatic heterocycles. The zero-order valence-electron chi connectivity index (χ0n) is 13.8. The lowest BCUT2D eigenvalue weighted by Crippen LogP contribution is -2.43. The third-order valence-electron chi connectivity index (χ3n) is 3.92. The van der Waals surface area contributed by atoms with E-state index < -0.39 is 17.9 Å². The van der Waals surface area contributed by atoms with Crippen molar-refractivity contribution in [2.24, 2.45) is 7.05 Å². The number of ether oxygens (including phenoxy) is 1. The molecular formula is C16H18FN5O3. The number of hydrogen-bond donors (Lipinski definition) is 2. The summed E-state index contributed by atoms with van der Waals surface area (Å²) in [5.41, 5.74) is 0.874. The first kappa shape index (κ1) is 16.7. The van der Waals surface area contributed by atoms with Gasteiger partial charge in [0, 0.05) is 25.9 Å². The lowest BCUT2D eigenvalue weighted by Gasteiger charge is -2.16. The first-order valence-corrected chi connectivity index (χ1v) is 7.69. The molecule has 3 rings (SSSR count). The van der Waals surface area contributed by atoms with E-state index in [1.165, 1.54) is 19.2 Å². The number of halogens is 1. The van der Waals surface area contributed by atoms with Crippen LogP contribution in [-0.2, 0) is 11.8 Å². The lowest BCUT2D eigenvalue weighted by atomic mass is 10.2. The summed E-state index contributed by atoms with van der Waals surface area (Å²) in [7, 11) is 3.18. The van der Waals surface area contributed by atoms with Gasteiger partial charge < -0.3 is 20.3 Å². The zero-order chi connectivity index (χ0) is 18.0. The van der Waals surface area contributed by atoms with Gasteiger partial charge in [0.05, 0.1) is 24.7 Å². The summed E-state index contributed by atoms with van der Waals surface area (Å²) in [6, 6.07) is 2.54. The van der Waals surface area contributed by atoms with Crippen molar-refractivity contribution in [1.82, 2.24) is 15.1 Å². The van der Waals surface area contributed by atoms with Gasteiger partial charge in [-0.15, -0.1) is 0 Å². The Bertz CT molecular complexity index is 807. The van der Waals surface area contributed by atoms with Crippen LogP contribution in [-0.4, -0.2) is 41.4 Å². The molecule has 2 heterocycles. The molecule has 1 unspecified atom stereocenters. The van der Waals surface area contributed by atoms with E-state index in [4.69, 9.17) is 4.74 Å². The molecule has 3 amide bonds. The van der Waals surface area contributed by atoms with Crippen LogP contribution in [0.15, 0.2) is 30.6 Å². The van der Waals surface area contributed by atoms with Gasteiger partial charge in [0.25, 0.3) is 0 Å². The molecule has 1 aliphatic heterocycles. The maximum Gasteiger partial charge on any atom is 0.319 e. The second-order valence-electron chi connectivity index (χ2n) is 5.65. The molecule has 25 heavy (non-hydrogen) atoms. The smallest absolute Gasteiger partial charge is 0.319 e. The lowest BCUT2D eigenvalue weighted by molar-refractivity contribution is -0.118. The number of amides is 3. The van der Waals surface area contributed by atoms with Gasteiger partial charge in [-0.1, -0.05) is 0 Å². The number of methoxy groups -OCH3 is 1. The van der Waals surface area contributed by atoms with E-state index in [-0.39, 0.29) is 11.6 Å². The normalized spacial score (nSPS) is 16.8. The third-order valence-corrected chi connectivity index (χ3v) is 3.92. The maximum atomic E-state index is 13.3. The Morgan fingerprint density at radius 3 is 2.92 bits per heavy atom. The molecule has 9 heteroatoms. The molecule has 2 aromatic rings. The van der Waals surface area contributed by atoms with Crippen molar-refractivity contribution < 1.29 is 18.7 Å². The van der Waals surface area contributed by atoms with E-state index in [1.807, 2.05) is 0 Å². The van der Waals surface area contributed by atoms with E-state index in [2.05, 4.69) is 15.7 Å². The fourth-order valence-corrected chi connectivity index (χ4v) is 2.71. The number of benzene rings is 1. The summed E-state index contributed by atoms with van der Waals surface area (Å²) in [5, 5.41) is 9.15. The van der Waals surface area contributed by atoms with Gasteiger partial charge in [0.15, 0.2) is 0 Å².